The topological polar surface area (TPSA) is 49.3 Å². The van der Waals surface area contributed by atoms with Crippen molar-refractivity contribution in [1.29, 1.82) is 0 Å². The van der Waals surface area contributed by atoms with Gasteiger partial charge in [0.15, 0.2) is 11.6 Å². The predicted octanol–water partition coefficient (Wildman–Crippen LogP) is 3.70. The molecular formula is C24H29FN4O. The molecular weight excluding hydrogens is 379 g/mol. The Morgan fingerprint density at radius 3 is 2.70 bits per heavy atom. The molecule has 0 N–H and O–H groups in total. The summed E-state index contributed by atoms with van der Waals surface area (Å²) < 4.78 is 14.4. The van der Waals surface area contributed by atoms with Crippen molar-refractivity contribution in [3.8, 4) is 0 Å². The van der Waals surface area contributed by atoms with E-state index in [9.17, 15) is 9.18 Å². The minimum Gasteiger partial charge on any atom is -0.353 e. The molecule has 1 aromatic heterocycles. The molecule has 2 aromatic rings. The van der Waals surface area contributed by atoms with Crippen molar-refractivity contribution < 1.29 is 9.18 Å². The third-order valence-electron chi connectivity index (χ3n) is 7.48. The number of aromatic nitrogens is 2. The smallest absolute Gasteiger partial charge is 0.225 e. The van der Waals surface area contributed by atoms with Gasteiger partial charge in [0.05, 0.1) is 6.20 Å². The molecule has 1 amide bonds. The monoisotopic (exact) mass is 408 g/mol. The summed E-state index contributed by atoms with van der Waals surface area (Å²) in [4.78, 5) is 25.3. The van der Waals surface area contributed by atoms with E-state index in [2.05, 4.69) is 44.0 Å². The predicted molar refractivity (Wildman–Crippen MR) is 113 cm³/mol. The number of halogens is 1. The van der Waals surface area contributed by atoms with E-state index in [-0.39, 0.29) is 17.2 Å². The zero-order chi connectivity index (χ0) is 20.6. The molecule has 2 saturated heterocycles. The van der Waals surface area contributed by atoms with Crippen LogP contribution in [0.1, 0.15) is 37.7 Å². The number of aryl methyl sites for hydroxylation is 1. The van der Waals surface area contributed by atoms with Crippen molar-refractivity contribution in [2.45, 2.75) is 38.5 Å². The molecule has 30 heavy (non-hydrogen) atoms. The molecule has 2 atom stereocenters. The van der Waals surface area contributed by atoms with E-state index in [1.807, 2.05) is 6.07 Å². The van der Waals surface area contributed by atoms with Crippen molar-refractivity contribution in [3.63, 3.8) is 0 Å². The number of anilines is 1. The molecule has 3 heterocycles. The van der Waals surface area contributed by atoms with Crippen LogP contribution in [0, 0.1) is 23.1 Å². The molecule has 5 rings (SSSR count). The second-order valence-corrected chi connectivity index (χ2v) is 9.32. The fourth-order valence-corrected chi connectivity index (χ4v) is 5.87. The molecule has 1 saturated carbocycles. The van der Waals surface area contributed by atoms with Crippen molar-refractivity contribution in [3.05, 3.63) is 54.2 Å². The highest BCUT2D eigenvalue weighted by Gasteiger charge is 2.54. The Bertz CT molecular complexity index is 901. The second kappa shape index (κ2) is 7.97. The van der Waals surface area contributed by atoms with Gasteiger partial charge >= 0.3 is 0 Å². The van der Waals surface area contributed by atoms with Gasteiger partial charge in [-0.3, -0.25) is 4.79 Å². The van der Waals surface area contributed by atoms with Crippen LogP contribution in [-0.2, 0) is 11.2 Å². The van der Waals surface area contributed by atoms with Gasteiger partial charge in [0.1, 0.15) is 6.33 Å². The van der Waals surface area contributed by atoms with Crippen LogP contribution in [0.25, 0.3) is 0 Å². The summed E-state index contributed by atoms with van der Waals surface area (Å²) in [6.07, 6.45) is 9.05. The molecule has 3 fully saturated rings. The van der Waals surface area contributed by atoms with Crippen LogP contribution in [0.15, 0.2) is 42.9 Å². The van der Waals surface area contributed by atoms with Gasteiger partial charge in [-0.25, -0.2) is 14.4 Å². The number of carbonyl (C=O) groups is 1. The van der Waals surface area contributed by atoms with E-state index in [0.29, 0.717) is 17.6 Å². The lowest BCUT2D eigenvalue weighted by Gasteiger charge is -2.30. The molecule has 0 unspecified atom stereocenters. The van der Waals surface area contributed by atoms with Gasteiger partial charge in [-0.1, -0.05) is 43.2 Å². The number of benzene rings is 1. The SMILES string of the molecule is O=C(C1CCCC1)N1C[C@@H]2CN(c3ncncc3F)C[C@]2(CCc2ccccc2)C1. The van der Waals surface area contributed by atoms with Gasteiger partial charge in [0.25, 0.3) is 0 Å². The number of amides is 1. The standard InChI is InChI=1S/C24H29FN4O/c25-21-12-26-17-27-22(21)28-13-20-14-29(23(30)19-8-4-5-9-19)16-24(20,15-28)11-10-18-6-2-1-3-7-18/h1-3,6-7,12,17,19-20H,4-5,8-11,13-16H2/t20-,24+/m0/s1. The fraction of sp³-hybridized carbons (Fsp3) is 0.542. The van der Waals surface area contributed by atoms with E-state index >= 15 is 0 Å². The molecule has 1 aliphatic carbocycles. The first kappa shape index (κ1) is 19.5. The number of carbonyl (C=O) groups excluding carboxylic acids is 1. The van der Waals surface area contributed by atoms with Crippen LogP contribution in [0.3, 0.4) is 0 Å². The fourth-order valence-electron chi connectivity index (χ4n) is 5.87. The average molecular weight is 409 g/mol. The average Bonchev–Trinajstić information content (AvgIpc) is 3.48. The Morgan fingerprint density at radius 1 is 1.13 bits per heavy atom. The van der Waals surface area contributed by atoms with Crippen molar-refractivity contribution in [1.82, 2.24) is 14.9 Å². The first-order chi connectivity index (χ1) is 14.6. The highest BCUT2D eigenvalue weighted by atomic mass is 19.1. The summed E-state index contributed by atoms with van der Waals surface area (Å²) in [6, 6.07) is 10.5. The molecule has 3 aliphatic rings. The Morgan fingerprint density at radius 2 is 1.93 bits per heavy atom. The number of likely N-dealkylation sites (tertiary alicyclic amines) is 1. The summed E-state index contributed by atoms with van der Waals surface area (Å²) in [5.74, 6) is 0.939. The van der Waals surface area contributed by atoms with E-state index < -0.39 is 0 Å². The van der Waals surface area contributed by atoms with Crippen molar-refractivity contribution in [2.75, 3.05) is 31.1 Å². The van der Waals surface area contributed by atoms with E-state index in [1.54, 1.807) is 0 Å². The summed E-state index contributed by atoms with van der Waals surface area (Å²) in [7, 11) is 0. The van der Waals surface area contributed by atoms with Crippen molar-refractivity contribution in [2.24, 2.45) is 17.3 Å². The molecule has 5 nitrogen and oxygen atoms in total. The number of rotatable bonds is 5. The Balaban J connectivity index is 1.37. The largest absolute Gasteiger partial charge is 0.353 e. The van der Waals surface area contributed by atoms with Gasteiger partial charge < -0.3 is 9.80 Å². The maximum atomic E-state index is 14.4. The third-order valence-corrected chi connectivity index (χ3v) is 7.48. The van der Waals surface area contributed by atoms with E-state index in [4.69, 9.17) is 0 Å². The lowest BCUT2D eigenvalue weighted by Crippen LogP contribution is -2.39. The quantitative estimate of drug-likeness (QED) is 0.757. The molecule has 0 radical (unpaired) electrons. The highest BCUT2D eigenvalue weighted by molar-refractivity contribution is 5.79. The van der Waals surface area contributed by atoms with Gasteiger partial charge in [-0.05, 0) is 31.2 Å². The first-order valence-corrected chi connectivity index (χ1v) is 11.2. The molecule has 0 bridgehead atoms. The Hall–Kier alpha value is -2.50. The minimum atomic E-state index is -0.366. The number of nitrogens with zero attached hydrogens (tertiary/aromatic N) is 4. The molecule has 158 valence electrons. The highest BCUT2D eigenvalue weighted by Crippen LogP contribution is 2.47. The van der Waals surface area contributed by atoms with Crippen LogP contribution in [0.4, 0.5) is 10.2 Å². The molecule has 0 spiro atoms. The lowest BCUT2D eigenvalue weighted by molar-refractivity contribution is -0.134. The van der Waals surface area contributed by atoms with Gasteiger partial charge in [-0.2, -0.15) is 0 Å². The molecule has 2 aliphatic heterocycles. The summed E-state index contributed by atoms with van der Waals surface area (Å²) in [5.41, 5.74) is 1.31. The zero-order valence-electron chi connectivity index (χ0n) is 17.3. The van der Waals surface area contributed by atoms with Crippen LogP contribution < -0.4 is 4.90 Å². The third kappa shape index (κ3) is 3.57. The van der Waals surface area contributed by atoms with Gasteiger partial charge in [0, 0.05) is 43.4 Å². The molecule has 1 aromatic carbocycles. The number of hydrogen-bond donors (Lipinski definition) is 0. The molecule has 6 heteroatoms. The summed E-state index contributed by atoms with van der Waals surface area (Å²) >= 11 is 0. The van der Waals surface area contributed by atoms with Crippen LogP contribution in [0.5, 0.6) is 0 Å². The first-order valence-electron chi connectivity index (χ1n) is 11.2. The Kier molecular flexibility index (Phi) is 5.17. The van der Waals surface area contributed by atoms with Crippen molar-refractivity contribution >= 4 is 11.7 Å². The minimum absolute atomic E-state index is 0.0124. The second-order valence-electron chi connectivity index (χ2n) is 9.32. The van der Waals surface area contributed by atoms with E-state index in [0.717, 1.165) is 51.9 Å². The normalized spacial score (nSPS) is 26.4. The van der Waals surface area contributed by atoms with Crippen LogP contribution in [-0.4, -0.2) is 47.0 Å². The lowest BCUT2D eigenvalue weighted by atomic mass is 9.76. The Labute approximate surface area is 177 Å². The summed E-state index contributed by atoms with van der Waals surface area (Å²) in [5, 5.41) is 0. The number of fused-ring (bicyclic) bond motifs is 1. The van der Waals surface area contributed by atoms with Gasteiger partial charge in [-0.15, -0.1) is 0 Å². The van der Waals surface area contributed by atoms with E-state index in [1.165, 1.54) is 30.9 Å². The number of hydrogen-bond acceptors (Lipinski definition) is 4. The van der Waals surface area contributed by atoms with Crippen LogP contribution in [0.2, 0.25) is 0 Å². The maximum Gasteiger partial charge on any atom is 0.225 e. The summed E-state index contributed by atoms with van der Waals surface area (Å²) in [6.45, 7) is 3.06. The maximum absolute atomic E-state index is 14.4. The van der Waals surface area contributed by atoms with Gasteiger partial charge in [0.2, 0.25) is 5.91 Å². The van der Waals surface area contributed by atoms with Crippen LogP contribution >= 0.6 is 0 Å². The zero-order valence-corrected chi connectivity index (χ0v) is 17.3.